The smallest absolute Gasteiger partial charge is 0.356 e. The molecule has 0 bridgehead atoms. The number of hydrogen-bond acceptors (Lipinski definition) is 9. The molecule has 1 heterocycles. The van der Waals surface area contributed by atoms with Crippen LogP contribution in [0.4, 0.5) is 4.39 Å². The van der Waals surface area contributed by atoms with Crippen LogP contribution in [0.15, 0.2) is 60.7 Å². The van der Waals surface area contributed by atoms with E-state index in [9.17, 15) is 14.2 Å². The normalized spacial score (nSPS) is 21.8. The molecule has 0 saturated carbocycles. The lowest BCUT2D eigenvalue weighted by molar-refractivity contribution is -0.151. The van der Waals surface area contributed by atoms with Gasteiger partial charge in [0.25, 0.3) is 0 Å². The maximum atomic E-state index is 15.5. The fraction of sp³-hybridized carbons (Fsp3) is 0.462. The van der Waals surface area contributed by atoms with Crippen LogP contribution in [-0.4, -0.2) is 61.8 Å². The molecule has 9 nitrogen and oxygen atoms in total. The fourth-order valence-electron chi connectivity index (χ4n) is 3.57. The van der Waals surface area contributed by atoms with Gasteiger partial charge in [0, 0.05) is 0 Å². The second-order valence-corrected chi connectivity index (χ2v) is 10.8. The molecule has 0 aromatic heterocycles. The first-order chi connectivity index (χ1) is 17.6. The van der Waals surface area contributed by atoms with Crippen LogP contribution in [0.1, 0.15) is 48.4 Å². The SMILES string of the molecule is CC(C)OP(=O)(CO[C@@H]1O[C@H](COC(=O)c2ccccc2)[C@@H](OC(=O)c2ccccc2)[C@@H]1F)OC(C)C. The largest absolute Gasteiger partial charge is 0.459 e. The standard InChI is InChI=1S/C26H32FO9P/c1-17(2)35-37(30,36-18(3)4)16-32-26-22(27)23(34-25(29)20-13-9-6-10-14-20)21(33-26)15-31-24(28)19-11-7-5-8-12-19/h5-14,17-18,21-23,26H,15-16H2,1-4H3/t21-,22+,23-,26-/m1/s1. The Morgan fingerprint density at radius 3 is 1.92 bits per heavy atom. The van der Waals surface area contributed by atoms with Gasteiger partial charge in [-0.3, -0.25) is 4.57 Å². The van der Waals surface area contributed by atoms with Crippen LogP contribution in [0.2, 0.25) is 0 Å². The van der Waals surface area contributed by atoms with Crippen LogP contribution in [-0.2, 0) is 32.6 Å². The predicted octanol–water partition coefficient (Wildman–Crippen LogP) is 5.15. The van der Waals surface area contributed by atoms with E-state index in [1.807, 2.05) is 0 Å². The van der Waals surface area contributed by atoms with Crippen LogP contribution < -0.4 is 0 Å². The number of alkyl halides is 1. The number of hydrogen-bond donors (Lipinski definition) is 0. The van der Waals surface area contributed by atoms with E-state index in [2.05, 4.69) is 0 Å². The molecule has 4 atom stereocenters. The highest BCUT2D eigenvalue weighted by atomic mass is 31.2. The Kier molecular flexibility index (Phi) is 10.4. The van der Waals surface area contributed by atoms with Crippen molar-refractivity contribution < 1.29 is 46.5 Å². The second-order valence-electron chi connectivity index (χ2n) is 8.90. The Bertz CT molecular complexity index is 1050. The summed E-state index contributed by atoms with van der Waals surface area (Å²) in [4.78, 5) is 25.0. The zero-order valence-corrected chi connectivity index (χ0v) is 22.0. The van der Waals surface area contributed by atoms with Gasteiger partial charge in [-0.15, -0.1) is 0 Å². The van der Waals surface area contributed by atoms with Crippen LogP contribution in [0.3, 0.4) is 0 Å². The number of halogens is 1. The Balaban J connectivity index is 1.73. The van der Waals surface area contributed by atoms with E-state index >= 15 is 4.39 Å². The van der Waals surface area contributed by atoms with Crippen molar-refractivity contribution in [2.24, 2.45) is 0 Å². The van der Waals surface area contributed by atoms with Gasteiger partial charge >= 0.3 is 19.5 Å². The molecule has 0 N–H and O–H groups in total. The van der Waals surface area contributed by atoms with Crippen molar-refractivity contribution in [3.63, 3.8) is 0 Å². The van der Waals surface area contributed by atoms with Gasteiger partial charge in [0.2, 0.25) is 0 Å². The maximum Gasteiger partial charge on any atom is 0.356 e. The molecule has 11 heteroatoms. The van der Waals surface area contributed by atoms with Crippen molar-refractivity contribution >= 4 is 19.5 Å². The summed E-state index contributed by atoms with van der Waals surface area (Å²) in [6, 6.07) is 16.3. The molecular weight excluding hydrogens is 506 g/mol. The van der Waals surface area contributed by atoms with Crippen molar-refractivity contribution in [2.45, 2.75) is 64.6 Å². The highest BCUT2D eigenvalue weighted by molar-refractivity contribution is 7.53. The van der Waals surface area contributed by atoms with Crippen molar-refractivity contribution in [2.75, 3.05) is 13.0 Å². The van der Waals surface area contributed by atoms with Crippen LogP contribution >= 0.6 is 7.60 Å². The molecule has 0 spiro atoms. The van der Waals surface area contributed by atoms with Gasteiger partial charge in [-0.25, -0.2) is 14.0 Å². The molecule has 3 rings (SSSR count). The molecule has 0 amide bonds. The highest BCUT2D eigenvalue weighted by Gasteiger charge is 2.50. The monoisotopic (exact) mass is 538 g/mol. The lowest BCUT2D eigenvalue weighted by Gasteiger charge is -2.24. The van der Waals surface area contributed by atoms with Gasteiger partial charge in [-0.1, -0.05) is 36.4 Å². The molecular formula is C26H32FO9P. The zero-order chi connectivity index (χ0) is 27.0. The summed E-state index contributed by atoms with van der Waals surface area (Å²) in [5, 5.41) is 0. The molecule has 2 aromatic carbocycles. The van der Waals surface area contributed by atoms with Gasteiger partial charge in [0.15, 0.2) is 24.9 Å². The van der Waals surface area contributed by atoms with E-state index in [-0.39, 0.29) is 5.56 Å². The van der Waals surface area contributed by atoms with E-state index in [0.29, 0.717) is 5.56 Å². The van der Waals surface area contributed by atoms with E-state index in [1.165, 1.54) is 12.1 Å². The predicted molar refractivity (Wildman–Crippen MR) is 132 cm³/mol. The Hall–Kier alpha value is -2.62. The van der Waals surface area contributed by atoms with Crippen LogP contribution in [0, 0.1) is 0 Å². The minimum atomic E-state index is -3.76. The van der Waals surface area contributed by atoms with Crippen LogP contribution in [0.5, 0.6) is 0 Å². The third-order valence-corrected chi connectivity index (χ3v) is 6.98. The van der Waals surface area contributed by atoms with Gasteiger partial charge in [-0.2, -0.15) is 0 Å². The van der Waals surface area contributed by atoms with E-state index in [4.69, 9.17) is 28.0 Å². The first kappa shape index (κ1) is 28.9. The molecule has 37 heavy (non-hydrogen) atoms. The average molecular weight is 539 g/mol. The van der Waals surface area contributed by atoms with Gasteiger partial charge in [0.05, 0.1) is 23.3 Å². The number of carbonyl (C=O) groups is 2. The molecule has 0 unspecified atom stereocenters. The first-order valence-electron chi connectivity index (χ1n) is 11.9. The Morgan fingerprint density at radius 1 is 0.892 bits per heavy atom. The average Bonchev–Trinajstić information content (AvgIpc) is 3.15. The summed E-state index contributed by atoms with van der Waals surface area (Å²) < 4.78 is 61.2. The first-order valence-corrected chi connectivity index (χ1v) is 13.7. The van der Waals surface area contributed by atoms with Gasteiger partial charge < -0.3 is 28.0 Å². The topological polar surface area (TPSA) is 107 Å². The Labute approximate surface area is 215 Å². The van der Waals surface area contributed by atoms with Crippen LogP contribution in [0.25, 0.3) is 0 Å². The minimum Gasteiger partial charge on any atom is -0.459 e. The molecule has 1 fully saturated rings. The van der Waals surface area contributed by atoms with Crippen molar-refractivity contribution in [1.82, 2.24) is 0 Å². The molecule has 1 aliphatic heterocycles. The molecule has 202 valence electrons. The molecule has 0 radical (unpaired) electrons. The lowest BCUT2D eigenvalue weighted by Crippen LogP contribution is -2.37. The second kappa shape index (κ2) is 13.3. The lowest BCUT2D eigenvalue weighted by atomic mass is 10.1. The van der Waals surface area contributed by atoms with E-state index in [1.54, 1.807) is 76.2 Å². The summed E-state index contributed by atoms with van der Waals surface area (Å²) in [6.45, 7) is 6.30. The Morgan fingerprint density at radius 2 is 1.41 bits per heavy atom. The van der Waals surface area contributed by atoms with Crippen molar-refractivity contribution in [3.8, 4) is 0 Å². The fourth-order valence-corrected chi connectivity index (χ4v) is 5.35. The number of carbonyl (C=O) groups excluding carboxylic acids is 2. The van der Waals surface area contributed by atoms with E-state index < -0.39 is 69.4 Å². The number of ether oxygens (including phenoxy) is 4. The summed E-state index contributed by atoms with van der Waals surface area (Å²) in [5.74, 6) is -1.44. The molecule has 0 aliphatic carbocycles. The summed E-state index contributed by atoms with van der Waals surface area (Å²) in [6.07, 6.45) is -7.67. The summed E-state index contributed by atoms with van der Waals surface area (Å²) in [5.41, 5.74) is 0.500. The van der Waals surface area contributed by atoms with Gasteiger partial charge in [0.1, 0.15) is 12.7 Å². The molecule has 1 saturated heterocycles. The summed E-state index contributed by atoms with van der Waals surface area (Å²) >= 11 is 0. The van der Waals surface area contributed by atoms with E-state index in [0.717, 1.165) is 0 Å². The maximum absolute atomic E-state index is 15.5. The third kappa shape index (κ3) is 8.45. The highest BCUT2D eigenvalue weighted by Crippen LogP contribution is 2.51. The number of esters is 2. The summed E-state index contributed by atoms with van der Waals surface area (Å²) in [7, 11) is -3.76. The molecule has 2 aromatic rings. The van der Waals surface area contributed by atoms with Crippen molar-refractivity contribution in [3.05, 3.63) is 71.8 Å². The zero-order valence-electron chi connectivity index (χ0n) is 21.2. The van der Waals surface area contributed by atoms with Gasteiger partial charge in [-0.05, 0) is 52.0 Å². The van der Waals surface area contributed by atoms with Crippen molar-refractivity contribution in [1.29, 1.82) is 0 Å². The quantitative estimate of drug-likeness (QED) is 0.268. The number of rotatable bonds is 12. The minimum absolute atomic E-state index is 0.208. The number of benzene rings is 2. The third-order valence-electron chi connectivity index (χ3n) is 5.03. The molecule has 1 aliphatic rings.